The number of para-hydroxylation sites is 1. The highest BCUT2D eigenvalue weighted by Gasteiger charge is 2.21. The summed E-state index contributed by atoms with van der Waals surface area (Å²) in [5.41, 5.74) is 0.988. The van der Waals surface area contributed by atoms with Crippen LogP contribution in [0.4, 0.5) is 11.4 Å². The average Bonchev–Trinajstić information content (AvgIpc) is 2.53. The molecule has 0 spiro atoms. The Balaban J connectivity index is 2.48. The van der Waals surface area contributed by atoms with E-state index >= 15 is 0 Å². The number of hydrogen-bond acceptors (Lipinski definition) is 5. The lowest BCUT2D eigenvalue weighted by atomic mass is 10.2. The lowest BCUT2D eigenvalue weighted by Gasteiger charge is -2.20. The molecule has 0 atom stereocenters. The normalized spacial score (nSPS) is 11.1. The van der Waals surface area contributed by atoms with Crippen LogP contribution in [-0.4, -0.2) is 35.6 Å². The van der Waals surface area contributed by atoms with Crippen molar-refractivity contribution in [3.8, 4) is 0 Å². The molecule has 2 aromatic rings. The van der Waals surface area contributed by atoms with Gasteiger partial charge in [0, 0.05) is 18.6 Å². The summed E-state index contributed by atoms with van der Waals surface area (Å²) in [7, 11) is 0.811. The average molecular weight is 448 g/mol. The van der Waals surface area contributed by atoms with Crippen LogP contribution in [0.2, 0.25) is 5.02 Å². The van der Waals surface area contributed by atoms with Gasteiger partial charge in [0.15, 0.2) is 0 Å². The van der Waals surface area contributed by atoms with E-state index in [4.69, 9.17) is 11.6 Å². The number of methoxy groups -OCH3 is 1. The van der Waals surface area contributed by atoms with Crippen LogP contribution in [0.1, 0.15) is 10.4 Å². The Morgan fingerprint density at radius 3 is 2.52 bits per heavy atom. The minimum Gasteiger partial charge on any atom is -0.465 e. The zero-order chi connectivity index (χ0) is 18.8. The molecule has 9 heteroatoms. The number of nitrogens with one attached hydrogen (secondary N) is 1. The number of sulfonamides is 1. The van der Waals surface area contributed by atoms with Crippen LogP contribution in [-0.2, 0) is 14.8 Å². The molecular weight excluding hydrogens is 432 g/mol. The van der Waals surface area contributed by atoms with Crippen LogP contribution in [0.5, 0.6) is 0 Å². The van der Waals surface area contributed by atoms with Gasteiger partial charge in [0.05, 0.1) is 34.0 Å². The number of nitrogens with zero attached hydrogens (tertiary/aromatic N) is 1. The fraction of sp³-hybridized carbons (Fsp3) is 0.188. The van der Waals surface area contributed by atoms with Gasteiger partial charge in [0.1, 0.15) is 0 Å². The highest BCUT2D eigenvalue weighted by atomic mass is 79.9. The van der Waals surface area contributed by atoms with Crippen molar-refractivity contribution in [2.24, 2.45) is 0 Å². The molecule has 2 rings (SSSR count). The molecule has 1 N–H and O–H groups in total. The second-order valence-electron chi connectivity index (χ2n) is 5.27. The van der Waals surface area contributed by atoms with Gasteiger partial charge in [-0.2, -0.15) is 0 Å². The minimum absolute atomic E-state index is 0.0687. The number of carbonyl (C=O) groups is 1. The summed E-state index contributed by atoms with van der Waals surface area (Å²) in [5.74, 6) is -0.638. The second-order valence-corrected chi connectivity index (χ2v) is 8.21. The summed E-state index contributed by atoms with van der Waals surface area (Å²) in [6, 6.07) is 9.04. The number of esters is 1. The Labute approximate surface area is 159 Å². The van der Waals surface area contributed by atoms with E-state index in [0.717, 1.165) is 0 Å². The van der Waals surface area contributed by atoms with E-state index in [0.29, 0.717) is 20.9 Å². The molecule has 0 amide bonds. The molecule has 0 bridgehead atoms. The van der Waals surface area contributed by atoms with Crippen LogP contribution >= 0.6 is 27.5 Å². The van der Waals surface area contributed by atoms with Crippen LogP contribution in [0, 0.1) is 0 Å². The number of anilines is 2. The third-order valence-electron chi connectivity index (χ3n) is 3.33. The lowest BCUT2D eigenvalue weighted by Crippen LogP contribution is -2.18. The van der Waals surface area contributed by atoms with Gasteiger partial charge in [-0.1, -0.05) is 17.7 Å². The lowest BCUT2D eigenvalue weighted by molar-refractivity contribution is 0.0599. The molecule has 2 aromatic carbocycles. The standard InChI is InChI=1S/C16H16BrClN2O4S/c1-20(2)15-13(18)5-4-6-14(15)19-25(22,23)10-7-8-12(17)11(9-10)16(21)24-3/h4-9,19H,1-3H3. The monoisotopic (exact) mass is 446 g/mol. The maximum absolute atomic E-state index is 12.7. The number of halogens is 2. The highest BCUT2D eigenvalue weighted by molar-refractivity contribution is 9.10. The Kier molecular flexibility index (Phi) is 5.97. The Bertz CT molecular complexity index is 916. The number of rotatable bonds is 5. The van der Waals surface area contributed by atoms with Crippen LogP contribution < -0.4 is 9.62 Å². The van der Waals surface area contributed by atoms with Gasteiger partial charge < -0.3 is 9.64 Å². The summed E-state index contributed by atoms with van der Waals surface area (Å²) in [6.45, 7) is 0. The van der Waals surface area contributed by atoms with Crippen molar-refractivity contribution >= 4 is 54.9 Å². The van der Waals surface area contributed by atoms with E-state index in [9.17, 15) is 13.2 Å². The fourth-order valence-corrected chi connectivity index (χ4v) is 4.04. The predicted octanol–water partition coefficient (Wildman–Crippen LogP) is 3.76. The van der Waals surface area contributed by atoms with Crippen LogP contribution in [0.3, 0.4) is 0 Å². The van der Waals surface area contributed by atoms with E-state index < -0.39 is 16.0 Å². The third kappa shape index (κ3) is 4.26. The quantitative estimate of drug-likeness (QED) is 0.706. The molecule has 25 heavy (non-hydrogen) atoms. The predicted molar refractivity (Wildman–Crippen MR) is 102 cm³/mol. The zero-order valence-electron chi connectivity index (χ0n) is 13.7. The molecule has 0 saturated carbocycles. The van der Waals surface area contributed by atoms with Gasteiger partial charge in [-0.05, 0) is 46.3 Å². The topological polar surface area (TPSA) is 75.7 Å². The highest BCUT2D eigenvalue weighted by Crippen LogP contribution is 2.34. The van der Waals surface area contributed by atoms with Crippen LogP contribution in [0.25, 0.3) is 0 Å². The SMILES string of the molecule is COC(=O)c1cc(S(=O)(=O)Nc2cccc(Cl)c2N(C)C)ccc1Br. The first-order valence-corrected chi connectivity index (χ1v) is 9.69. The Hall–Kier alpha value is -1.77. The zero-order valence-corrected chi connectivity index (χ0v) is 16.9. The molecule has 134 valence electrons. The number of carbonyl (C=O) groups excluding carboxylic acids is 1. The van der Waals surface area contributed by atoms with Gasteiger partial charge in [-0.25, -0.2) is 13.2 Å². The van der Waals surface area contributed by atoms with Crippen molar-refractivity contribution < 1.29 is 17.9 Å². The van der Waals surface area contributed by atoms with E-state index in [2.05, 4.69) is 25.4 Å². The number of benzene rings is 2. The molecule has 0 radical (unpaired) electrons. The van der Waals surface area contributed by atoms with Gasteiger partial charge in [-0.15, -0.1) is 0 Å². The minimum atomic E-state index is -3.93. The Morgan fingerprint density at radius 1 is 1.24 bits per heavy atom. The first-order valence-electron chi connectivity index (χ1n) is 7.04. The third-order valence-corrected chi connectivity index (χ3v) is 5.69. The first-order chi connectivity index (χ1) is 11.7. The van der Waals surface area contributed by atoms with Crippen molar-refractivity contribution in [1.82, 2.24) is 0 Å². The molecule has 0 aliphatic carbocycles. The maximum atomic E-state index is 12.7. The molecule has 0 unspecified atom stereocenters. The van der Waals surface area contributed by atoms with Crippen LogP contribution in [0.15, 0.2) is 45.8 Å². The first kappa shape index (κ1) is 19.6. The van der Waals surface area contributed by atoms with E-state index in [-0.39, 0.29) is 10.5 Å². The maximum Gasteiger partial charge on any atom is 0.339 e. The summed E-state index contributed by atoms with van der Waals surface area (Å²) in [6.07, 6.45) is 0. The van der Waals surface area contributed by atoms with Gasteiger partial charge in [0.25, 0.3) is 10.0 Å². The van der Waals surface area contributed by atoms with E-state index in [1.165, 1.54) is 25.3 Å². The van der Waals surface area contributed by atoms with Crippen molar-refractivity contribution in [3.63, 3.8) is 0 Å². The molecule has 0 aliphatic heterocycles. The second kappa shape index (κ2) is 7.63. The Morgan fingerprint density at radius 2 is 1.92 bits per heavy atom. The summed E-state index contributed by atoms with van der Waals surface area (Å²) >= 11 is 9.37. The number of hydrogen-bond donors (Lipinski definition) is 1. The molecule has 0 heterocycles. The van der Waals surface area contributed by atoms with E-state index in [1.54, 1.807) is 37.2 Å². The number of ether oxygens (including phenoxy) is 1. The molecule has 0 aromatic heterocycles. The fourth-order valence-electron chi connectivity index (χ4n) is 2.19. The van der Waals surface area contributed by atoms with Gasteiger partial charge in [-0.3, -0.25) is 4.72 Å². The summed E-state index contributed by atoms with van der Waals surface area (Å²) < 4.78 is 33.1. The van der Waals surface area contributed by atoms with Crippen molar-refractivity contribution in [2.45, 2.75) is 4.90 Å². The summed E-state index contributed by atoms with van der Waals surface area (Å²) in [5, 5.41) is 0.413. The van der Waals surface area contributed by atoms with Crippen molar-refractivity contribution in [3.05, 3.63) is 51.5 Å². The molecule has 6 nitrogen and oxygen atoms in total. The van der Waals surface area contributed by atoms with Gasteiger partial charge in [0.2, 0.25) is 0 Å². The van der Waals surface area contributed by atoms with Gasteiger partial charge >= 0.3 is 5.97 Å². The van der Waals surface area contributed by atoms with Crippen molar-refractivity contribution in [2.75, 3.05) is 30.8 Å². The largest absolute Gasteiger partial charge is 0.465 e. The summed E-state index contributed by atoms with van der Waals surface area (Å²) in [4.78, 5) is 13.4. The van der Waals surface area contributed by atoms with E-state index in [1.807, 2.05) is 0 Å². The smallest absolute Gasteiger partial charge is 0.339 e. The molecule has 0 aliphatic rings. The molecular formula is C16H16BrClN2O4S. The molecule has 0 fully saturated rings. The van der Waals surface area contributed by atoms with Crippen molar-refractivity contribution in [1.29, 1.82) is 0 Å². The molecule has 0 saturated heterocycles.